The second-order valence-corrected chi connectivity index (χ2v) is 5.24. The first kappa shape index (κ1) is 11.6. The molecule has 4 heteroatoms. The van der Waals surface area contributed by atoms with E-state index in [0.29, 0.717) is 6.42 Å². The number of hydrogen-bond acceptors (Lipinski definition) is 4. The number of methoxy groups -OCH3 is 1. The summed E-state index contributed by atoms with van der Waals surface area (Å²) in [7, 11) is 2.92. The van der Waals surface area contributed by atoms with Crippen molar-refractivity contribution in [3.05, 3.63) is 0 Å². The molecule has 0 heterocycles. The number of thiol groups is 1. The highest BCUT2D eigenvalue weighted by Crippen LogP contribution is 2.35. The fourth-order valence-electron chi connectivity index (χ4n) is 0.894. The summed E-state index contributed by atoms with van der Waals surface area (Å²) in [4.78, 5) is 0. The molecule has 0 aliphatic carbocycles. The molecule has 0 saturated carbocycles. The van der Waals surface area contributed by atoms with Crippen LogP contribution in [-0.4, -0.2) is 22.8 Å². The Morgan fingerprint density at radius 2 is 1.91 bits per heavy atom. The lowest BCUT2D eigenvalue weighted by Crippen LogP contribution is -2.34. The molecule has 0 radical (unpaired) electrons. The summed E-state index contributed by atoms with van der Waals surface area (Å²) >= 11 is 4.10. The average Bonchev–Trinajstić information content (AvgIpc) is 1.86. The Bertz CT molecular complexity index is 110. The van der Waals surface area contributed by atoms with Crippen molar-refractivity contribution >= 4 is 22.5 Å². The van der Waals surface area contributed by atoms with Gasteiger partial charge in [-0.15, -0.1) is 11.7 Å². The standard InChI is InChI=1S/C7H16O2S2/c1-6(2,11-10)5-7(3,8)9-4/h8,10H,5H2,1-4H3. The predicted octanol–water partition coefficient (Wildman–Crippen LogP) is 2.09. The van der Waals surface area contributed by atoms with E-state index in [1.54, 1.807) is 6.92 Å². The fraction of sp³-hybridized carbons (Fsp3) is 1.00. The summed E-state index contributed by atoms with van der Waals surface area (Å²) in [6, 6.07) is 0. The molecule has 0 rings (SSSR count). The minimum Gasteiger partial charge on any atom is -0.366 e. The van der Waals surface area contributed by atoms with E-state index in [-0.39, 0.29) is 4.75 Å². The van der Waals surface area contributed by atoms with Gasteiger partial charge in [0.1, 0.15) is 0 Å². The van der Waals surface area contributed by atoms with E-state index in [4.69, 9.17) is 4.74 Å². The Morgan fingerprint density at radius 1 is 1.45 bits per heavy atom. The molecule has 0 aliphatic rings. The lowest BCUT2D eigenvalue weighted by Gasteiger charge is -2.30. The fourth-order valence-corrected chi connectivity index (χ4v) is 1.42. The third kappa shape index (κ3) is 4.95. The lowest BCUT2D eigenvalue weighted by molar-refractivity contribution is -0.178. The zero-order valence-electron chi connectivity index (χ0n) is 7.42. The zero-order valence-corrected chi connectivity index (χ0v) is 9.13. The number of ether oxygens (including phenoxy) is 1. The van der Waals surface area contributed by atoms with E-state index in [1.807, 2.05) is 13.8 Å². The third-order valence-corrected chi connectivity index (χ3v) is 3.56. The monoisotopic (exact) mass is 196 g/mol. The molecular weight excluding hydrogens is 180 g/mol. The van der Waals surface area contributed by atoms with Gasteiger partial charge >= 0.3 is 0 Å². The summed E-state index contributed by atoms with van der Waals surface area (Å²) in [6.45, 7) is 5.68. The summed E-state index contributed by atoms with van der Waals surface area (Å²) in [6.07, 6.45) is 0.560. The molecule has 2 nitrogen and oxygen atoms in total. The number of hydrogen-bond donors (Lipinski definition) is 2. The predicted molar refractivity (Wildman–Crippen MR) is 52.9 cm³/mol. The Labute approximate surface area is 77.5 Å². The molecule has 0 spiro atoms. The first-order valence-corrected chi connectivity index (χ1v) is 5.30. The van der Waals surface area contributed by atoms with Crippen LogP contribution in [0.25, 0.3) is 0 Å². The van der Waals surface area contributed by atoms with Crippen LogP contribution in [0.1, 0.15) is 27.2 Å². The van der Waals surface area contributed by atoms with E-state index in [1.165, 1.54) is 17.9 Å². The normalized spacial score (nSPS) is 18.0. The van der Waals surface area contributed by atoms with Gasteiger partial charge in [0.05, 0.1) is 0 Å². The molecule has 0 amide bonds. The molecule has 68 valence electrons. The Hall–Kier alpha value is 0.620. The minimum absolute atomic E-state index is 0.0668. The van der Waals surface area contributed by atoms with Gasteiger partial charge in [0, 0.05) is 18.3 Å². The average molecular weight is 196 g/mol. The summed E-state index contributed by atoms with van der Waals surface area (Å²) < 4.78 is 4.82. The van der Waals surface area contributed by atoms with Crippen LogP contribution in [0, 0.1) is 0 Å². The van der Waals surface area contributed by atoms with E-state index < -0.39 is 5.79 Å². The van der Waals surface area contributed by atoms with Crippen LogP contribution in [0.3, 0.4) is 0 Å². The van der Waals surface area contributed by atoms with Gasteiger partial charge < -0.3 is 9.84 Å². The van der Waals surface area contributed by atoms with Crippen molar-refractivity contribution in [2.75, 3.05) is 7.11 Å². The van der Waals surface area contributed by atoms with Crippen LogP contribution in [-0.2, 0) is 4.74 Å². The van der Waals surface area contributed by atoms with Gasteiger partial charge in [0.2, 0.25) is 0 Å². The summed E-state index contributed by atoms with van der Waals surface area (Å²) in [5.74, 6) is -1.04. The maximum Gasteiger partial charge on any atom is 0.163 e. The van der Waals surface area contributed by atoms with Crippen molar-refractivity contribution in [2.24, 2.45) is 0 Å². The van der Waals surface area contributed by atoms with Crippen LogP contribution in [0.5, 0.6) is 0 Å². The van der Waals surface area contributed by atoms with Gasteiger partial charge in [-0.3, -0.25) is 0 Å². The molecule has 0 bridgehead atoms. The first-order chi connectivity index (χ1) is 4.83. The van der Waals surface area contributed by atoms with Crippen molar-refractivity contribution in [2.45, 2.75) is 37.7 Å². The lowest BCUT2D eigenvalue weighted by atomic mass is 10.0. The number of aliphatic hydroxyl groups is 1. The van der Waals surface area contributed by atoms with Crippen molar-refractivity contribution in [3.8, 4) is 0 Å². The van der Waals surface area contributed by atoms with Gasteiger partial charge in [-0.05, 0) is 20.8 Å². The van der Waals surface area contributed by atoms with Crippen molar-refractivity contribution in [1.82, 2.24) is 0 Å². The third-order valence-electron chi connectivity index (χ3n) is 1.44. The highest BCUT2D eigenvalue weighted by atomic mass is 33.1. The summed E-state index contributed by atoms with van der Waals surface area (Å²) in [5, 5.41) is 9.52. The minimum atomic E-state index is -1.04. The quantitative estimate of drug-likeness (QED) is 0.410. The Morgan fingerprint density at radius 3 is 2.18 bits per heavy atom. The van der Waals surface area contributed by atoms with Gasteiger partial charge in [-0.25, -0.2) is 0 Å². The zero-order chi connectivity index (χ0) is 9.12. The molecule has 1 N–H and O–H groups in total. The van der Waals surface area contributed by atoms with Crippen LogP contribution in [0.2, 0.25) is 0 Å². The van der Waals surface area contributed by atoms with Gasteiger partial charge in [-0.2, -0.15) is 0 Å². The molecule has 0 aromatic carbocycles. The molecule has 0 aromatic rings. The largest absolute Gasteiger partial charge is 0.366 e. The molecule has 0 aromatic heterocycles. The molecule has 11 heavy (non-hydrogen) atoms. The van der Waals surface area contributed by atoms with Crippen molar-refractivity contribution in [1.29, 1.82) is 0 Å². The Kier molecular flexibility index (Phi) is 4.26. The van der Waals surface area contributed by atoms with Gasteiger partial charge in [0.15, 0.2) is 5.79 Å². The van der Waals surface area contributed by atoms with Crippen molar-refractivity contribution in [3.63, 3.8) is 0 Å². The molecule has 1 unspecified atom stereocenters. The first-order valence-electron chi connectivity index (χ1n) is 3.43. The molecule has 0 aliphatic heterocycles. The van der Waals surface area contributed by atoms with Crippen LogP contribution in [0.15, 0.2) is 0 Å². The van der Waals surface area contributed by atoms with Crippen LogP contribution < -0.4 is 0 Å². The van der Waals surface area contributed by atoms with E-state index in [9.17, 15) is 5.11 Å². The molecule has 1 atom stereocenters. The summed E-state index contributed by atoms with van der Waals surface area (Å²) in [5.41, 5.74) is 0. The second kappa shape index (κ2) is 4.03. The maximum absolute atomic E-state index is 9.52. The van der Waals surface area contributed by atoms with Gasteiger partial charge in [0.25, 0.3) is 0 Å². The second-order valence-electron chi connectivity index (χ2n) is 3.41. The van der Waals surface area contributed by atoms with Crippen molar-refractivity contribution < 1.29 is 9.84 Å². The number of rotatable bonds is 4. The van der Waals surface area contributed by atoms with Gasteiger partial charge in [-0.1, -0.05) is 10.8 Å². The maximum atomic E-state index is 9.52. The Balaban J connectivity index is 4.02. The van der Waals surface area contributed by atoms with Crippen LogP contribution in [0.4, 0.5) is 0 Å². The highest BCUT2D eigenvalue weighted by Gasteiger charge is 2.30. The van der Waals surface area contributed by atoms with E-state index in [2.05, 4.69) is 11.7 Å². The molecule has 0 saturated heterocycles. The van der Waals surface area contributed by atoms with Crippen LogP contribution >= 0.6 is 22.5 Å². The molecule has 0 fully saturated rings. The van der Waals surface area contributed by atoms with E-state index >= 15 is 0 Å². The van der Waals surface area contributed by atoms with E-state index in [0.717, 1.165) is 0 Å². The smallest absolute Gasteiger partial charge is 0.163 e. The highest BCUT2D eigenvalue weighted by molar-refractivity contribution is 8.69. The SMILES string of the molecule is COC(C)(O)CC(C)(C)SS. The molecular formula is C7H16O2S2. The topological polar surface area (TPSA) is 29.5 Å².